The largest absolute Gasteiger partial charge is 0.480 e. The standard InChI is InChI=1S/C23H22F2N2O7/c1-33-19(28)10-18(20(29)30)27-21(31)23(24,25)12-26-22(32)34-11-17-15-8-4-2-6-13(15)14-7-3-5-9-16(14)17/h2-9,17-18H,10-12H2,1H3,(H,26,32)(H,27,31)(H,29,30)/t18-/m1/s1. The highest BCUT2D eigenvalue weighted by Crippen LogP contribution is 2.44. The van der Waals surface area contributed by atoms with Crippen LogP contribution in [-0.2, 0) is 23.9 Å². The molecule has 3 rings (SSSR count). The van der Waals surface area contributed by atoms with Gasteiger partial charge in [-0.05, 0) is 22.3 Å². The van der Waals surface area contributed by atoms with Crippen molar-refractivity contribution < 1.29 is 42.5 Å². The molecule has 180 valence electrons. The summed E-state index contributed by atoms with van der Waals surface area (Å²) in [7, 11) is 0.982. The molecule has 0 unspecified atom stereocenters. The molecule has 1 aliphatic rings. The first-order valence-corrected chi connectivity index (χ1v) is 10.2. The number of benzene rings is 2. The molecule has 0 saturated heterocycles. The van der Waals surface area contributed by atoms with Crippen LogP contribution in [0.2, 0.25) is 0 Å². The summed E-state index contributed by atoms with van der Waals surface area (Å²) in [4.78, 5) is 46.2. The van der Waals surface area contributed by atoms with Gasteiger partial charge in [0.15, 0.2) is 0 Å². The first-order valence-electron chi connectivity index (χ1n) is 10.2. The molecule has 0 saturated carbocycles. The average Bonchev–Trinajstić information content (AvgIpc) is 3.14. The first-order chi connectivity index (χ1) is 16.1. The van der Waals surface area contributed by atoms with E-state index in [1.807, 2.05) is 53.8 Å². The monoisotopic (exact) mass is 476 g/mol. The molecule has 0 spiro atoms. The van der Waals surface area contributed by atoms with E-state index >= 15 is 0 Å². The van der Waals surface area contributed by atoms with Crippen molar-refractivity contribution in [3.8, 4) is 11.1 Å². The number of carbonyl (C=O) groups is 4. The lowest BCUT2D eigenvalue weighted by atomic mass is 9.98. The van der Waals surface area contributed by atoms with E-state index < -0.39 is 48.9 Å². The number of ether oxygens (including phenoxy) is 2. The van der Waals surface area contributed by atoms with Gasteiger partial charge in [-0.25, -0.2) is 9.59 Å². The third kappa shape index (κ3) is 5.48. The number of nitrogens with one attached hydrogen (secondary N) is 2. The van der Waals surface area contributed by atoms with E-state index in [4.69, 9.17) is 9.84 Å². The van der Waals surface area contributed by atoms with Crippen LogP contribution < -0.4 is 10.6 Å². The number of methoxy groups -OCH3 is 1. The van der Waals surface area contributed by atoms with Crippen LogP contribution in [0.5, 0.6) is 0 Å². The van der Waals surface area contributed by atoms with E-state index in [9.17, 15) is 28.0 Å². The van der Waals surface area contributed by atoms with Crippen molar-refractivity contribution in [1.29, 1.82) is 0 Å². The molecule has 0 fully saturated rings. The van der Waals surface area contributed by atoms with Gasteiger partial charge in [-0.15, -0.1) is 0 Å². The fourth-order valence-corrected chi connectivity index (χ4v) is 3.63. The van der Waals surface area contributed by atoms with Gasteiger partial charge in [-0.1, -0.05) is 48.5 Å². The zero-order chi connectivity index (χ0) is 24.9. The Morgan fingerprint density at radius 3 is 2.12 bits per heavy atom. The lowest BCUT2D eigenvalue weighted by molar-refractivity contribution is -0.153. The number of halogens is 2. The van der Waals surface area contributed by atoms with Gasteiger partial charge in [-0.2, -0.15) is 8.78 Å². The average molecular weight is 476 g/mol. The van der Waals surface area contributed by atoms with Gasteiger partial charge in [0.25, 0.3) is 5.91 Å². The Labute approximate surface area is 193 Å². The number of hydrogen-bond donors (Lipinski definition) is 3. The number of alkyl carbamates (subject to hydrolysis) is 1. The van der Waals surface area contributed by atoms with Crippen LogP contribution >= 0.6 is 0 Å². The number of rotatable bonds is 9. The highest BCUT2D eigenvalue weighted by atomic mass is 19.3. The molecule has 3 N–H and O–H groups in total. The summed E-state index contributed by atoms with van der Waals surface area (Å²) in [6, 6.07) is 13.2. The van der Waals surface area contributed by atoms with Crippen molar-refractivity contribution in [2.24, 2.45) is 0 Å². The van der Waals surface area contributed by atoms with E-state index in [1.54, 1.807) is 5.32 Å². The van der Waals surface area contributed by atoms with Crippen molar-refractivity contribution in [2.75, 3.05) is 20.3 Å². The van der Waals surface area contributed by atoms with Crippen molar-refractivity contribution in [3.63, 3.8) is 0 Å². The van der Waals surface area contributed by atoms with E-state index in [-0.39, 0.29) is 12.5 Å². The minimum Gasteiger partial charge on any atom is -0.480 e. The second kappa shape index (κ2) is 10.3. The molecular formula is C23H22F2N2O7. The van der Waals surface area contributed by atoms with Crippen LogP contribution in [0.3, 0.4) is 0 Å². The lowest BCUT2D eigenvalue weighted by Crippen LogP contribution is -2.53. The Bertz CT molecular complexity index is 1060. The molecule has 11 heteroatoms. The molecule has 0 heterocycles. The minimum atomic E-state index is -4.16. The second-order valence-electron chi connectivity index (χ2n) is 7.53. The molecule has 0 radical (unpaired) electrons. The lowest BCUT2D eigenvalue weighted by Gasteiger charge is -2.20. The van der Waals surface area contributed by atoms with Gasteiger partial charge in [0, 0.05) is 5.92 Å². The molecule has 2 aromatic carbocycles. The van der Waals surface area contributed by atoms with Crippen LogP contribution in [0.15, 0.2) is 48.5 Å². The van der Waals surface area contributed by atoms with Gasteiger partial charge in [0.05, 0.1) is 20.1 Å². The van der Waals surface area contributed by atoms with Gasteiger partial charge in [0.2, 0.25) is 0 Å². The van der Waals surface area contributed by atoms with Crippen LogP contribution in [0.4, 0.5) is 13.6 Å². The third-order valence-electron chi connectivity index (χ3n) is 5.33. The number of hydrogen-bond acceptors (Lipinski definition) is 6. The van der Waals surface area contributed by atoms with Crippen LogP contribution in [-0.4, -0.2) is 61.3 Å². The Morgan fingerprint density at radius 2 is 1.59 bits per heavy atom. The van der Waals surface area contributed by atoms with Crippen LogP contribution in [0.1, 0.15) is 23.5 Å². The zero-order valence-corrected chi connectivity index (χ0v) is 18.0. The summed E-state index contributed by atoms with van der Waals surface area (Å²) < 4.78 is 37.7. The van der Waals surface area contributed by atoms with Gasteiger partial charge in [0.1, 0.15) is 12.6 Å². The molecule has 0 aromatic heterocycles. The Balaban J connectivity index is 1.56. The summed E-state index contributed by atoms with van der Waals surface area (Å²) >= 11 is 0. The summed E-state index contributed by atoms with van der Waals surface area (Å²) in [5, 5.41) is 12.4. The smallest absolute Gasteiger partial charge is 0.407 e. The summed E-state index contributed by atoms with van der Waals surface area (Å²) in [5.74, 6) is -9.11. The highest BCUT2D eigenvalue weighted by molar-refractivity contribution is 5.90. The van der Waals surface area contributed by atoms with Crippen molar-refractivity contribution in [2.45, 2.75) is 24.3 Å². The predicted molar refractivity (Wildman–Crippen MR) is 114 cm³/mol. The number of aliphatic carboxylic acids is 1. The van der Waals surface area contributed by atoms with Crippen molar-refractivity contribution >= 4 is 23.9 Å². The Morgan fingerprint density at radius 1 is 1.03 bits per heavy atom. The number of fused-ring (bicyclic) bond motifs is 3. The topological polar surface area (TPSA) is 131 Å². The maximum absolute atomic E-state index is 14.2. The first kappa shape index (κ1) is 24.6. The second-order valence-corrected chi connectivity index (χ2v) is 7.53. The third-order valence-corrected chi connectivity index (χ3v) is 5.33. The molecule has 1 aliphatic carbocycles. The molecule has 2 aromatic rings. The predicted octanol–water partition coefficient (Wildman–Crippen LogP) is 2.29. The number of alkyl halides is 2. The minimum absolute atomic E-state index is 0.113. The number of carbonyl (C=O) groups excluding carboxylic acids is 3. The van der Waals surface area contributed by atoms with Gasteiger partial charge < -0.3 is 25.2 Å². The highest BCUT2D eigenvalue weighted by Gasteiger charge is 2.42. The molecular weight excluding hydrogens is 454 g/mol. The van der Waals surface area contributed by atoms with Crippen molar-refractivity contribution in [3.05, 3.63) is 59.7 Å². The normalized spacial score (nSPS) is 13.3. The maximum Gasteiger partial charge on any atom is 0.407 e. The van der Waals surface area contributed by atoms with E-state index in [2.05, 4.69) is 4.74 Å². The van der Waals surface area contributed by atoms with E-state index in [0.29, 0.717) is 0 Å². The Hall–Kier alpha value is -4.02. The van der Waals surface area contributed by atoms with Crippen LogP contribution in [0.25, 0.3) is 11.1 Å². The molecule has 1 atom stereocenters. The summed E-state index contributed by atoms with van der Waals surface area (Å²) in [5.41, 5.74) is 3.86. The molecule has 9 nitrogen and oxygen atoms in total. The fraction of sp³-hybridized carbons (Fsp3) is 0.304. The molecule has 34 heavy (non-hydrogen) atoms. The van der Waals surface area contributed by atoms with E-state index in [1.165, 1.54) is 0 Å². The molecule has 0 bridgehead atoms. The van der Waals surface area contributed by atoms with Gasteiger partial charge >= 0.3 is 24.0 Å². The maximum atomic E-state index is 14.2. The fourth-order valence-electron chi connectivity index (χ4n) is 3.63. The molecule has 0 aliphatic heterocycles. The number of carboxylic acids is 1. The summed E-state index contributed by atoms with van der Waals surface area (Å²) in [6.07, 6.45) is -2.01. The number of esters is 1. The number of amides is 2. The van der Waals surface area contributed by atoms with Crippen LogP contribution in [0, 0.1) is 0 Å². The van der Waals surface area contributed by atoms with Gasteiger partial charge in [-0.3, -0.25) is 9.59 Å². The van der Waals surface area contributed by atoms with Crippen molar-refractivity contribution in [1.82, 2.24) is 10.6 Å². The Kier molecular flexibility index (Phi) is 7.44. The SMILES string of the molecule is COC(=O)C[C@@H](NC(=O)C(F)(F)CNC(=O)OCC1c2ccccc2-c2ccccc21)C(=O)O. The zero-order valence-electron chi connectivity index (χ0n) is 18.0. The quantitative estimate of drug-likeness (QED) is 0.473. The molecule has 2 amide bonds. The number of carboxylic acid groups (broad SMARTS) is 1. The van der Waals surface area contributed by atoms with E-state index in [0.717, 1.165) is 29.4 Å². The summed E-state index contributed by atoms with van der Waals surface area (Å²) in [6.45, 7) is -1.54.